The Bertz CT molecular complexity index is 186. The van der Waals surface area contributed by atoms with Crippen LogP contribution in [0.1, 0.15) is 33.1 Å². The van der Waals surface area contributed by atoms with Gasteiger partial charge in [0.15, 0.2) is 5.60 Å². The van der Waals surface area contributed by atoms with Gasteiger partial charge in [-0.2, -0.15) is 0 Å². The Hall–Kier alpha value is -0.570. The van der Waals surface area contributed by atoms with E-state index in [9.17, 15) is 9.90 Å². The van der Waals surface area contributed by atoms with E-state index in [2.05, 4.69) is 0 Å². The van der Waals surface area contributed by atoms with Crippen LogP contribution in [0.4, 0.5) is 0 Å². The highest BCUT2D eigenvalue weighted by Gasteiger charge is 2.53. The first kappa shape index (κ1) is 8.53. The van der Waals surface area contributed by atoms with Gasteiger partial charge in [0, 0.05) is 5.41 Å². The van der Waals surface area contributed by atoms with Crippen LogP contribution in [-0.2, 0) is 4.79 Å². The molecule has 0 aromatic heterocycles. The van der Waals surface area contributed by atoms with Crippen molar-refractivity contribution in [3.05, 3.63) is 0 Å². The van der Waals surface area contributed by atoms with Gasteiger partial charge in [0.1, 0.15) is 0 Å². The van der Waals surface area contributed by atoms with Crippen molar-refractivity contribution in [1.29, 1.82) is 0 Å². The van der Waals surface area contributed by atoms with Crippen LogP contribution in [0.15, 0.2) is 0 Å². The predicted octanol–water partition coefficient (Wildman–Crippen LogP) is 1.01. The molecule has 64 valence electrons. The summed E-state index contributed by atoms with van der Waals surface area (Å²) < 4.78 is 0. The first-order valence-electron chi connectivity index (χ1n) is 3.86. The SMILES string of the molecule is CC1(C)CCCC1(O)C(=O)O. The average molecular weight is 158 g/mol. The fraction of sp³-hybridized carbons (Fsp3) is 0.875. The van der Waals surface area contributed by atoms with E-state index in [1.54, 1.807) is 13.8 Å². The van der Waals surface area contributed by atoms with Crippen molar-refractivity contribution >= 4 is 5.97 Å². The lowest BCUT2D eigenvalue weighted by Gasteiger charge is -2.32. The lowest BCUT2D eigenvalue weighted by Crippen LogP contribution is -2.47. The van der Waals surface area contributed by atoms with Crippen LogP contribution in [0, 0.1) is 5.41 Å². The van der Waals surface area contributed by atoms with Crippen LogP contribution >= 0.6 is 0 Å². The van der Waals surface area contributed by atoms with Crippen molar-refractivity contribution < 1.29 is 15.0 Å². The summed E-state index contributed by atoms with van der Waals surface area (Å²) in [5, 5.41) is 18.5. The van der Waals surface area contributed by atoms with E-state index >= 15 is 0 Å². The van der Waals surface area contributed by atoms with E-state index in [1.165, 1.54) is 0 Å². The molecule has 3 heteroatoms. The van der Waals surface area contributed by atoms with E-state index in [4.69, 9.17) is 5.11 Å². The highest BCUT2D eigenvalue weighted by atomic mass is 16.4. The molecule has 0 saturated heterocycles. The van der Waals surface area contributed by atoms with Crippen molar-refractivity contribution in [2.45, 2.75) is 38.7 Å². The minimum Gasteiger partial charge on any atom is -0.479 e. The molecule has 1 rings (SSSR count). The largest absolute Gasteiger partial charge is 0.479 e. The van der Waals surface area contributed by atoms with E-state index < -0.39 is 17.0 Å². The summed E-state index contributed by atoms with van der Waals surface area (Å²) in [5.74, 6) is -1.08. The van der Waals surface area contributed by atoms with Crippen LogP contribution < -0.4 is 0 Å². The van der Waals surface area contributed by atoms with Gasteiger partial charge in [0.2, 0.25) is 0 Å². The zero-order chi connectivity index (χ0) is 8.70. The third-order valence-corrected chi connectivity index (χ3v) is 2.81. The minimum atomic E-state index is -1.49. The molecule has 1 atom stereocenters. The normalized spacial score (nSPS) is 35.5. The minimum absolute atomic E-state index is 0.384. The number of hydrogen-bond acceptors (Lipinski definition) is 2. The molecule has 0 bridgehead atoms. The van der Waals surface area contributed by atoms with Crippen molar-refractivity contribution in [3.63, 3.8) is 0 Å². The second kappa shape index (κ2) is 2.21. The quantitative estimate of drug-likeness (QED) is 0.598. The third-order valence-electron chi connectivity index (χ3n) is 2.81. The number of aliphatic carboxylic acids is 1. The van der Waals surface area contributed by atoms with Gasteiger partial charge in [-0.25, -0.2) is 4.79 Å². The number of carboxylic acid groups (broad SMARTS) is 1. The van der Waals surface area contributed by atoms with E-state index in [1.807, 2.05) is 0 Å². The second-order valence-corrected chi connectivity index (χ2v) is 3.90. The van der Waals surface area contributed by atoms with Gasteiger partial charge in [-0.3, -0.25) is 0 Å². The van der Waals surface area contributed by atoms with Crippen molar-refractivity contribution in [3.8, 4) is 0 Å². The van der Waals surface area contributed by atoms with Crippen molar-refractivity contribution in [2.75, 3.05) is 0 Å². The number of hydrogen-bond donors (Lipinski definition) is 2. The summed E-state index contributed by atoms with van der Waals surface area (Å²) >= 11 is 0. The summed E-state index contributed by atoms with van der Waals surface area (Å²) in [7, 11) is 0. The molecule has 1 aliphatic carbocycles. The lowest BCUT2D eigenvalue weighted by molar-refractivity contribution is -0.168. The predicted molar refractivity (Wildman–Crippen MR) is 40.2 cm³/mol. The summed E-state index contributed by atoms with van der Waals surface area (Å²) in [6.45, 7) is 3.60. The van der Waals surface area contributed by atoms with Crippen LogP contribution in [0.25, 0.3) is 0 Å². The van der Waals surface area contributed by atoms with Crippen molar-refractivity contribution in [2.24, 2.45) is 5.41 Å². The monoisotopic (exact) mass is 158 g/mol. The fourth-order valence-electron chi connectivity index (χ4n) is 1.73. The molecule has 1 saturated carbocycles. The summed E-state index contributed by atoms with van der Waals surface area (Å²) in [6, 6.07) is 0. The molecule has 0 radical (unpaired) electrons. The second-order valence-electron chi connectivity index (χ2n) is 3.90. The molecule has 1 aliphatic rings. The fourth-order valence-corrected chi connectivity index (χ4v) is 1.73. The molecule has 0 aromatic rings. The van der Waals surface area contributed by atoms with Gasteiger partial charge in [-0.05, 0) is 19.3 Å². The van der Waals surface area contributed by atoms with Crippen LogP contribution in [0.5, 0.6) is 0 Å². The number of aliphatic hydroxyl groups is 1. The molecule has 1 unspecified atom stereocenters. The van der Waals surface area contributed by atoms with Crippen molar-refractivity contribution in [1.82, 2.24) is 0 Å². The molecule has 0 spiro atoms. The Kier molecular flexibility index (Phi) is 1.71. The molecule has 3 nitrogen and oxygen atoms in total. The molecule has 0 aliphatic heterocycles. The molecular formula is C8H14O3. The lowest BCUT2D eigenvalue weighted by atomic mass is 9.78. The molecule has 0 amide bonds. The highest BCUT2D eigenvalue weighted by molar-refractivity contribution is 5.78. The maximum Gasteiger partial charge on any atom is 0.336 e. The topological polar surface area (TPSA) is 57.5 Å². The Morgan fingerprint density at radius 1 is 1.36 bits per heavy atom. The maximum atomic E-state index is 10.7. The summed E-state index contributed by atoms with van der Waals surface area (Å²) in [4.78, 5) is 10.7. The highest BCUT2D eigenvalue weighted by Crippen LogP contribution is 2.45. The smallest absolute Gasteiger partial charge is 0.336 e. The summed E-state index contributed by atoms with van der Waals surface area (Å²) in [6.07, 6.45) is 1.97. The molecule has 0 heterocycles. The number of carbonyl (C=O) groups is 1. The third kappa shape index (κ3) is 1.03. The molecular weight excluding hydrogens is 144 g/mol. The number of rotatable bonds is 1. The van der Waals surface area contributed by atoms with E-state index in [0.717, 1.165) is 12.8 Å². The summed E-state index contributed by atoms with van der Waals surface area (Å²) in [5.41, 5.74) is -1.97. The van der Waals surface area contributed by atoms with E-state index in [0.29, 0.717) is 6.42 Å². The van der Waals surface area contributed by atoms with Crippen LogP contribution in [0.3, 0.4) is 0 Å². The molecule has 11 heavy (non-hydrogen) atoms. The zero-order valence-corrected chi connectivity index (χ0v) is 6.92. The van der Waals surface area contributed by atoms with Crippen LogP contribution in [-0.4, -0.2) is 21.8 Å². The van der Waals surface area contributed by atoms with Crippen LogP contribution in [0.2, 0.25) is 0 Å². The van der Waals surface area contributed by atoms with Gasteiger partial charge in [-0.1, -0.05) is 13.8 Å². The Labute approximate surface area is 66.0 Å². The van der Waals surface area contributed by atoms with Gasteiger partial charge in [0.25, 0.3) is 0 Å². The van der Waals surface area contributed by atoms with Gasteiger partial charge >= 0.3 is 5.97 Å². The Morgan fingerprint density at radius 3 is 2.09 bits per heavy atom. The molecule has 1 fully saturated rings. The van der Waals surface area contributed by atoms with Gasteiger partial charge in [-0.15, -0.1) is 0 Å². The van der Waals surface area contributed by atoms with Gasteiger partial charge in [0.05, 0.1) is 0 Å². The Balaban J connectivity index is 2.93. The number of carboxylic acids is 1. The molecule has 2 N–H and O–H groups in total. The first-order valence-corrected chi connectivity index (χ1v) is 3.86. The zero-order valence-electron chi connectivity index (χ0n) is 6.92. The maximum absolute atomic E-state index is 10.7. The van der Waals surface area contributed by atoms with E-state index in [-0.39, 0.29) is 0 Å². The molecule has 0 aromatic carbocycles. The average Bonchev–Trinajstić information content (AvgIpc) is 2.09. The standard InChI is InChI=1S/C8H14O3/c1-7(2)4-3-5-8(7,11)6(9)10/h11H,3-5H2,1-2H3,(H,9,10). The first-order chi connectivity index (χ1) is 4.90. The Morgan fingerprint density at radius 2 is 1.91 bits per heavy atom. The van der Waals surface area contributed by atoms with Gasteiger partial charge < -0.3 is 10.2 Å².